The first kappa shape index (κ1) is 10.7. The largest absolute Gasteiger partial charge is 0.218 e. The summed E-state index contributed by atoms with van der Waals surface area (Å²) in [5.41, 5.74) is 0. The Hall–Kier alpha value is 0.180. The van der Waals surface area contributed by atoms with Crippen LogP contribution in [-0.4, -0.2) is 21.4 Å². The van der Waals surface area contributed by atoms with Crippen LogP contribution >= 0.6 is 57.8 Å². The number of aromatic nitrogens is 3. The third kappa shape index (κ3) is 2.60. The molecule has 2 aromatic rings. The van der Waals surface area contributed by atoms with Crippen molar-refractivity contribution in [2.24, 2.45) is 0 Å². The maximum Gasteiger partial charge on any atom is 0.182 e. The van der Waals surface area contributed by atoms with Crippen LogP contribution in [0.25, 0.3) is 0 Å². The van der Waals surface area contributed by atoms with Gasteiger partial charge in [-0.15, -0.1) is 21.5 Å². The Balaban J connectivity index is 2.10. The molecule has 0 unspecified atom stereocenters. The van der Waals surface area contributed by atoms with E-state index < -0.39 is 0 Å². The molecule has 0 amide bonds. The van der Waals surface area contributed by atoms with E-state index >= 15 is 0 Å². The molecule has 0 bridgehead atoms. The Bertz CT molecular complexity index is 426. The molecule has 2 rings (SSSR count). The first-order valence-electron chi connectivity index (χ1n) is 3.44. The van der Waals surface area contributed by atoms with E-state index in [1.807, 2.05) is 6.26 Å². The monoisotopic (exact) mass is 281 g/mol. The van der Waals surface area contributed by atoms with Crippen molar-refractivity contribution in [3.63, 3.8) is 0 Å². The Kier molecular flexibility index (Phi) is 3.67. The van der Waals surface area contributed by atoms with E-state index in [1.54, 1.807) is 28.5 Å². The zero-order chi connectivity index (χ0) is 9.97. The zero-order valence-electron chi connectivity index (χ0n) is 6.93. The van der Waals surface area contributed by atoms with Crippen LogP contribution in [0.2, 0.25) is 5.15 Å². The Morgan fingerprint density at radius 2 is 2.07 bits per heavy atom. The number of thioether (sulfide) groups is 1. The SMILES string of the molecule is CSc1nnc(Sc2nc(Cl)cs2)s1. The molecule has 0 saturated carbocycles. The molecule has 0 fully saturated rings. The van der Waals surface area contributed by atoms with Crippen molar-refractivity contribution in [2.75, 3.05) is 6.26 Å². The van der Waals surface area contributed by atoms with Gasteiger partial charge in [0.05, 0.1) is 0 Å². The van der Waals surface area contributed by atoms with Gasteiger partial charge in [0, 0.05) is 5.38 Å². The summed E-state index contributed by atoms with van der Waals surface area (Å²) in [4.78, 5) is 4.12. The second-order valence-corrected chi connectivity index (χ2v) is 6.85. The summed E-state index contributed by atoms with van der Waals surface area (Å²) in [6.45, 7) is 0. The predicted octanol–water partition coefficient (Wildman–Crippen LogP) is 3.52. The quantitative estimate of drug-likeness (QED) is 0.805. The summed E-state index contributed by atoms with van der Waals surface area (Å²) in [5, 5.41) is 10.4. The smallest absolute Gasteiger partial charge is 0.182 e. The van der Waals surface area contributed by atoms with Crippen LogP contribution in [-0.2, 0) is 0 Å². The van der Waals surface area contributed by atoms with Crippen LogP contribution in [0.15, 0.2) is 18.4 Å². The highest BCUT2D eigenvalue weighted by Crippen LogP contribution is 2.34. The van der Waals surface area contributed by atoms with Gasteiger partial charge in [0.25, 0.3) is 0 Å². The van der Waals surface area contributed by atoms with Crippen molar-refractivity contribution in [2.45, 2.75) is 13.0 Å². The Labute approximate surface area is 102 Å². The summed E-state index contributed by atoms with van der Waals surface area (Å²) in [5.74, 6) is 0. The molecule has 0 atom stereocenters. The molecule has 8 heteroatoms. The zero-order valence-corrected chi connectivity index (χ0v) is 11.0. The standard InChI is InChI=1S/C6H4ClN3S4/c1-11-5-9-10-6(14-5)13-4-8-3(7)2-12-4/h2H,1H3. The van der Waals surface area contributed by atoms with Crippen LogP contribution in [0.1, 0.15) is 0 Å². The fraction of sp³-hybridized carbons (Fsp3) is 0.167. The average Bonchev–Trinajstić information content (AvgIpc) is 2.76. The highest BCUT2D eigenvalue weighted by molar-refractivity contribution is 8.04. The maximum atomic E-state index is 5.71. The summed E-state index contributed by atoms with van der Waals surface area (Å²) in [6, 6.07) is 0. The van der Waals surface area contributed by atoms with Gasteiger partial charge in [-0.3, -0.25) is 0 Å². The fourth-order valence-electron chi connectivity index (χ4n) is 0.681. The molecule has 0 saturated heterocycles. The lowest BCUT2D eigenvalue weighted by Gasteiger charge is -1.86. The van der Waals surface area contributed by atoms with Crippen molar-refractivity contribution >= 4 is 57.8 Å². The molecule has 0 aliphatic rings. The van der Waals surface area contributed by atoms with Crippen molar-refractivity contribution in [3.8, 4) is 0 Å². The molecule has 2 heterocycles. The van der Waals surface area contributed by atoms with Gasteiger partial charge in [-0.25, -0.2) is 4.98 Å². The highest BCUT2D eigenvalue weighted by atomic mass is 35.5. The molecule has 0 radical (unpaired) electrons. The topological polar surface area (TPSA) is 38.7 Å². The van der Waals surface area contributed by atoms with Crippen LogP contribution in [0.3, 0.4) is 0 Å². The van der Waals surface area contributed by atoms with Crippen LogP contribution < -0.4 is 0 Å². The average molecular weight is 282 g/mol. The number of hydrogen-bond donors (Lipinski definition) is 0. The summed E-state index contributed by atoms with van der Waals surface area (Å²) >= 11 is 11.9. The van der Waals surface area contributed by atoms with E-state index in [-0.39, 0.29) is 0 Å². The summed E-state index contributed by atoms with van der Waals surface area (Å²) in [6.07, 6.45) is 1.98. The molecule has 74 valence electrons. The third-order valence-corrected chi connectivity index (χ3v) is 5.40. The molecule has 14 heavy (non-hydrogen) atoms. The molecule has 3 nitrogen and oxygen atoms in total. The normalized spacial score (nSPS) is 10.7. The number of hydrogen-bond acceptors (Lipinski definition) is 7. The summed E-state index contributed by atoms with van der Waals surface area (Å²) < 4.78 is 2.77. The minimum Gasteiger partial charge on any atom is -0.218 e. The van der Waals surface area contributed by atoms with Gasteiger partial charge in [-0.05, 0) is 18.0 Å². The van der Waals surface area contributed by atoms with E-state index in [0.717, 1.165) is 13.0 Å². The Morgan fingerprint density at radius 1 is 1.29 bits per heavy atom. The summed E-state index contributed by atoms with van der Waals surface area (Å²) in [7, 11) is 0. The first-order valence-corrected chi connectivity index (χ1v) is 7.56. The molecular weight excluding hydrogens is 278 g/mol. The number of nitrogens with zero attached hydrogens (tertiary/aromatic N) is 3. The second kappa shape index (κ2) is 4.80. The van der Waals surface area contributed by atoms with Crippen molar-refractivity contribution < 1.29 is 0 Å². The maximum absolute atomic E-state index is 5.71. The fourth-order valence-corrected chi connectivity index (χ4v) is 4.31. The van der Waals surface area contributed by atoms with E-state index in [2.05, 4.69) is 15.2 Å². The number of rotatable bonds is 3. The highest BCUT2D eigenvalue weighted by Gasteiger charge is 2.07. The van der Waals surface area contributed by atoms with Gasteiger partial charge in [-0.1, -0.05) is 34.7 Å². The van der Waals surface area contributed by atoms with Crippen LogP contribution in [0.4, 0.5) is 0 Å². The van der Waals surface area contributed by atoms with Gasteiger partial charge in [-0.2, -0.15) is 0 Å². The van der Waals surface area contributed by atoms with Crippen molar-refractivity contribution in [3.05, 3.63) is 10.5 Å². The van der Waals surface area contributed by atoms with Crippen molar-refractivity contribution in [1.82, 2.24) is 15.2 Å². The molecule has 0 aliphatic carbocycles. The molecule has 2 aromatic heterocycles. The van der Waals surface area contributed by atoms with Gasteiger partial charge in [0.2, 0.25) is 0 Å². The van der Waals surface area contributed by atoms with Gasteiger partial charge < -0.3 is 0 Å². The third-order valence-electron chi connectivity index (χ3n) is 1.19. The first-order chi connectivity index (χ1) is 6.78. The molecule has 0 aromatic carbocycles. The Morgan fingerprint density at radius 3 is 2.64 bits per heavy atom. The van der Waals surface area contributed by atoms with E-state index in [9.17, 15) is 0 Å². The van der Waals surface area contributed by atoms with E-state index in [0.29, 0.717) is 5.15 Å². The molecule has 0 N–H and O–H groups in total. The lowest BCUT2D eigenvalue weighted by Crippen LogP contribution is -1.71. The predicted molar refractivity (Wildman–Crippen MR) is 62.9 cm³/mol. The van der Waals surface area contributed by atoms with Gasteiger partial charge >= 0.3 is 0 Å². The molecular formula is C6H4ClN3S4. The number of halogens is 1. The minimum absolute atomic E-state index is 0.534. The van der Waals surface area contributed by atoms with E-state index in [1.165, 1.54) is 23.1 Å². The van der Waals surface area contributed by atoms with Crippen molar-refractivity contribution in [1.29, 1.82) is 0 Å². The van der Waals surface area contributed by atoms with Gasteiger partial charge in [0.15, 0.2) is 13.0 Å². The number of thiazole rings is 1. The van der Waals surface area contributed by atoms with Crippen LogP contribution in [0.5, 0.6) is 0 Å². The molecule has 0 spiro atoms. The lowest BCUT2D eigenvalue weighted by molar-refractivity contribution is 0.955. The minimum atomic E-state index is 0.534. The van der Waals surface area contributed by atoms with Gasteiger partial charge in [0.1, 0.15) is 5.15 Å². The van der Waals surface area contributed by atoms with E-state index in [4.69, 9.17) is 11.6 Å². The second-order valence-electron chi connectivity index (χ2n) is 2.08. The lowest BCUT2D eigenvalue weighted by atomic mass is 11.0. The van der Waals surface area contributed by atoms with Crippen LogP contribution in [0, 0.1) is 0 Å². The molecule has 0 aliphatic heterocycles.